The third-order valence-corrected chi connectivity index (χ3v) is 1.75. The van der Waals surface area contributed by atoms with Crippen LogP contribution in [0.5, 0.6) is 0 Å². The van der Waals surface area contributed by atoms with Crippen molar-refractivity contribution < 1.29 is 4.74 Å². The van der Waals surface area contributed by atoms with Gasteiger partial charge in [-0.3, -0.25) is 4.98 Å². The van der Waals surface area contributed by atoms with Crippen LogP contribution in [-0.2, 0) is 4.74 Å². The summed E-state index contributed by atoms with van der Waals surface area (Å²) < 4.78 is 5.02. The Kier molecular flexibility index (Phi) is 1.47. The number of nitrogens with zero attached hydrogens (tertiary/aromatic N) is 2. The second kappa shape index (κ2) is 2.47. The van der Waals surface area contributed by atoms with E-state index in [1.807, 2.05) is 0 Å². The van der Waals surface area contributed by atoms with E-state index in [-0.39, 0.29) is 0 Å². The number of hydrogen-bond acceptors (Lipinski definition) is 4. The fraction of sp³-hybridized carbons (Fsp3) is 0.429. The third-order valence-electron chi connectivity index (χ3n) is 1.75. The number of hydrogen-bond donors (Lipinski definition) is 1. The summed E-state index contributed by atoms with van der Waals surface area (Å²) in [5, 5.41) is 0. The van der Waals surface area contributed by atoms with Crippen LogP contribution in [0.15, 0.2) is 12.4 Å². The number of ether oxygens (including phenoxy) is 1. The summed E-state index contributed by atoms with van der Waals surface area (Å²) in [4.78, 5) is 8.07. The van der Waals surface area contributed by atoms with Gasteiger partial charge < -0.3 is 10.5 Å². The lowest BCUT2D eigenvalue weighted by molar-refractivity contribution is 0.00657. The molecular formula is C7H9N3O. The van der Waals surface area contributed by atoms with E-state index in [9.17, 15) is 0 Å². The van der Waals surface area contributed by atoms with Crippen molar-refractivity contribution in [3.8, 4) is 0 Å². The monoisotopic (exact) mass is 151 g/mol. The van der Waals surface area contributed by atoms with Crippen molar-refractivity contribution in [1.29, 1.82) is 0 Å². The molecule has 0 amide bonds. The zero-order valence-electron chi connectivity index (χ0n) is 6.03. The molecule has 1 saturated heterocycles. The van der Waals surface area contributed by atoms with Gasteiger partial charge in [0.15, 0.2) is 0 Å². The zero-order valence-corrected chi connectivity index (χ0v) is 6.03. The predicted molar refractivity (Wildman–Crippen MR) is 40.0 cm³/mol. The molecule has 4 nitrogen and oxygen atoms in total. The lowest BCUT2D eigenvalue weighted by Gasteiger charge is -2.24. The second-order valence-corrected chi connectivity index (χ2v) is 2.60. The minimum Gasteiger partial charge on any atom is -0.382 e. The minimum atomic E-state index is 0.433. The van der Waals surface area contributed by atoms with Crippen LogP contribution in [0.25, 0.3) is 0 Å². The van der Waals surface area contributed by atoms with Crippen LogP contribution in [0.2, 0.25) is 0 Å². The molecule has 11 heavy (non-hydrogen) atoms. The quantitative estimate of drug-likeness (QED) is 0.621. The van der Waals surface area contributed by atoms with Crippen molar-refractivity contribution in [3.63, 3.8) is 0 Å². The fourth-order valence-corrected chi connectivity index (χ4v) is 0.965. The standard InChI is InChI=1S/C7H9N3O/c8-7-2-9-6(1-10-7)5-3-11-4-5/h1-2,5H,3-4H2,(H2,8,10). The third kappa shape index (κ3) is 1.17. The number of nitrogens with two attached hydrogens (primary N) is 1. The summed E-state index contributed by atoms with van der Waals surface area (Å²) in [5.74, 6) is 0.900. The lowest BCUT2D eigenvalue weighted by Crippen LogP contribution is -2.26. The normalized spacial score (nSPS) is 17.8. The Morgan fingerprint density at radius 1 is 1.36 bits per heavy atom. The van der Waals surface area contributed by atoms with Crippen LogP contribution in [0.4, 0.5) is 5.82 Å². The molecule has 0 aromatic carbocycles. The van der Waals surface area contributed by atoms with E-state index in [1.165, 1.54) is 0 Å². The molecule has 2 heterocycles. The molecule has 1 aliphatic heterocycles. The van der Waals surface area contributed by atoms with Gasteiger partial charge in [0.05, 0.1) is 31.3 Å². The Hall–Kier alpha value is -1.16. The fourth-order valence-electron chi connectivity index (χ4n) is 0.965. The van der Waals surface area contributed by atoms with Crippen LogP contribution in [0.1, 0.15) is 11.6 Å². The highest BCUT2D eigenvalue weighted by atomic mass is 16.5. The second-order valence-electron chi connectivity index (χ2n) is 2.60. The van der Waals surface area contributed by atoms with Gasteiger partial charge in [-0.25, -0.2) is 4.98 Å². The van der Waals surface area contributed by atoms with Crippen molar-refractivity contribution >= 4 is 5.82 Å². The van der Waals surface area contributed by atoms with E-state index in [0.717, 1.165) is 18.9 Å². The first-order valence-corrected chi connectivity index (χ1v) is 3.51. The van der Waals surface area contributed by atoms with Gasteiger partial charge in [0.2, 0.25) is 0 Å². The van der Waals surface area contributed by atoms with Crippen molar-refractivity contribution in [2.24, 2.45) is 0 Å². The first kappa shape index (κ1) is 6.54. The van der Waals surface area contributed by atoms with Gasteiger partial charge >= 0.3 is 0 Å². The van der Waals surface area contributed by atoms with Gasteiger partial charge in [0.25, 0.3) is 0 Å². The van der Waals surface area contributed by atoms with E-state index in [4.69, 9.17) is 10.5 Å². The first-order chi connectivity index (χ1) is 5.36. The highest BCUT2D eigenvalue weighted by Gasteiger charge is 2.21. The summed E-state index contributed by atoms with van der Waals surface area (Å²) in [5.41, 5.74) is 6.36. The maximum absolute atomic E-state index is 5.38. The Morgan fingerprint density at radius 3 is 2.64 bits per heavy atom. The number of aromatic nitrogens is 2. The van der Waals surface area contributed by atoms with Gasteiger partial charge in [-0.05, 0) is 0 Å². The molecule has 1 aliphatic rings. The summed E-state index contributed by atoms with van der Waals surface area (Å²) in [6.45, 7) is 1.52. The Bertz CT molecular complexity index is 242. The van der Waals surface area contributed by atoms with Gasteiger partial charge in [-0.2, -0.15) is 0 Å². The molecule has 0 aliphatic carbocycles. The predicted octanol–water partition coefficient (Wildman–Crippen LogP) is 0.173. The van der Waals surface area contributed by atoms with E-state index in [1.54, 1.807) is 12.4 Å². The van der Waals surface area contributed by atoms with Crippen LogP contribution in [0.3, 0.4) is 0 Å². The van der Waals surface area contributed by atoms with Gasteiger partial charge in [0, 0.05) is 5.92 Å². The van der Waals surface area contributed by atoms with Gasteiger partial charge in [0.1, 0.15) is 5.82 Å². The Balaban J connectivity index is 2.18. The maximum atomic E-state index is 5.38. The molecule has 1 fully saturated rings. The minimum absolute atomic E-state index is 0.433. The molecule has 2 rings (SSSR count). The average molecular weight is 151 g/mol. The topological polar surface area (TPSA) is 61.0 Å². The molecule has 4 heteroatoms. The number of nitrogen functional groups attached to an aromatic ring is 1. The van der Waals surface area contributed by atoms with Crippen LogP contribution in [-0.4, -0.2) is 23.2 Å². The first-order valence-electron chi connectivity index (χ1n) is 3.51. The van der Waals surface area contributed by atoms with Gasteiger partial charge in [-0.15, -0.1) is 0 Å². The lowest BCUT2D eigenvalue weighted by atomic mass is 10.1. The molecule has 0 spiro atoms. The summed E-state index contributed by atoms with van der Waals surface area (Å²) >= 11 is 0. The molecule has 58 valence electrons. The highest BCUT2D eigenvalue weighted by molar-refractivity contribution is 5.24. The molecule has 0 radical (unpaired) electrons. The molecular weight excluding hydrogens is 142 g/mol. The number of rotatable bonds is 1. The van der Waals surface area contributed by atoms with E-state index in [2.05, 4.69) is 9.97 Å². The molecule has 0 unspecified atom stereocenters. The van der Waals surface area contributed by atoms with Crippen molar-refractivity contribution in [3.05, 3.63) is 18.1 Å². The van der Waals surface area contributed by atoms with Crippen molar-refractivity contribution in [2.45, 2.75) is 5.92 Å². The highest BCUT2D eigenvalue weighted by Crippen LogP contribution is 2.20. The molecule has 2 N–H and O–H groups in total. The largest absolute Gasteiger partial charge is 0.382 e. The summed E-state index contributed by atoms with van der Waals surface area (Å²) in [6.07, 6.45) is 3.29. The van der Waals surface area contributed by atoms with Crippen molar-refractivity contribution in [1.82, 2.24) is 9.97 Å². The zero-order chi connectivity index (χ0) is 7.68. The van der Waals surface area contributed by atoms with E-state index >= 15 is 0 Å². The van der Waals surface area contributed by atoms with Crippen LogP contribution < -0.4 is 5.73 Å². The van der Waals surface area contributed by atoms with E-state index < -0.39 is 0 Å². The molecule has 1 aromatic rings. The molecule has 1 aromatic heterocycles. The van der Waals surface area contributed by atoms with E-state index in [0.29, 0.717) is 11.7 Å². The number of anilines is 1. The molecule has 0 saturated carbocycles. The summed E-state index contributed by atoms with van der Waals surface area (Å²) in [7, 11) is 0. The van der Waals surface area contributed by atoms with Crippen LogP contribution >= 0.6 is 0 Å². The Labute approximate surface area is 64.4 Å². The average Bonchev–Trinajstić information content (AvgIpc) is 1.90. The van der Waals surface area contributed by atoms with Crippen LogP contribution in [0, 0.1) is 0 Å². The maximum Gasteiger partial charge on any atom is 0.141 e. The summed E-state index contributed by atoms with van der Waals surface area (Å²) in [6, 6.07) is 0. The van der Waals surface area contributed by atoms with Gasteiger partial charge in [-0.1, -0.05) is 0 Å². The molecule has 0 bridgehead atoms. The smallest absolute Gasteiger partial charge is 0.141 e. The SMILES string of the molecule is Nc1cnc(C2COC2)cn1. The molecule has 0 atom stereocenters. The van der Waals surface area contributed by atoms with Crippen molar-refractivity contribution in [2.75, 3.05) is 18.9 Å². The Morgan fingerprint density at radius 2 is 2.18 bits per heavy atom.